The van der Waals surface area contributed by atoms with Crippen LogP contribution in [0, 0.1) is 0 Å². The summed E-state index contributed by atoms with van der Waals surface area (Å²) in [6.07, 6.45) is 1.78. The second-order valence-electron chi connectivity index (χ2n) is 4.06. The molecular weight excluding hydrogens is 212 g/mol. The van der Waals surface area contributed by atoms with Crippen molar-refractivity contribution in [1.29, 1.82) is 0 Å². The van der Waals surface area contributed by atoms with Crippen molar-refractivity contribution in [2.24, 2.45) is 5.73 Å². The summed E-state index contributed by atoms with van der Waals surface area (Å²) in [5.74, 6) is -0.401. The Bertz CT molecular complexity index is 615. The molecular formula is C14H14N2O. The number of nitrogens with two attached hydrogens (primary N) is 2. The first kappa shape index (κ1) is 11.2. The average Bonchev–Trinajstić information content (AvgIpc) is 2.29. The summed E-state index contributed by atoms with van der Waals surface area (Å²) in [5.41, 5.74) is 13.1. The van der Waals surface area contributed by atoms with E-state index in [0.29, 0.717) is 5.57 Å². The predicted molar refractivity (Wildman–Crippen MR) is 71.2 cm³/mol. The van der Waals surface area contributed by atoms with Crippen molar-refractivity contribution >= 4 is 28.4 Å². The largest absolute Gasteiger partial charge is 0.399 e. The standard InChI is InChI=1S/C14H14N2O/c1-9(14(16)17)6-10-2-3-12-8-13(15)5-4-11(12)7-10/h2-8H,15H2,1H3,(H2,16,17). The fraction of sp³-hybridized carbons (Fsp3) is 0.0714. The van der Waals surface area contributed by atoms with Crippen LogP contribution in [-0.4, -0.2) is 5.91 Å². The summed E-state index contributed by atoms with van der Waals surface area (Å²) in [7, 11) is 0. The summed E-state index contributed by atoms with van der Waals surface area (Å²) < 4.78 is 0. The molecule has 4 N–H and O–H groups in total. The van der Waals surface area contributed by atoms with E-state index in [9.17, 15) is 4.79 Å². The molecule has 0 aliphatic carbocycles. The second kappa shape index (κ2) is 4.29. The number of nitrogen functional groups attached to an aromatic ring is 1. The van der Waals surface area contributed by atoms with Gasteiger partial charge in [0, 0.05) is 11.3 Å². The van der Waals surface area contributed by atoms with Crippen LogP contribution in [0.4, 0.5) is 5.69 Å². The molecule has 3 heteroatoms. The van der Waals surface area contributed by atoms with Gasteiger partial charge in [-0.15, -0.1) is 0 Å². The maximum Gasteiger partial charge on any atom is 0.244 e. The maximum atomic E-state index is 10.9. The lowest BCUT2D eigenvalue weighted by Gasteiger charge is -2.02. The Labute approximate surface area is 99.7 Å². The van der Waals surface area contributed by atoms with Crippen LogP contribution in [0.5, 0.6) is 0 Å². The molecule has 2 aromatic rings. The highest BCUT2D eigenvalue weighted by molar-refractivity contribution is 5.96. The lowest BCUT2D eigenvalue weighted by molar-refractivity contribution is -0.114. The van der Waals surface area contributed by atoms with Crippen LogP contribution in [0.1, 0.15) is 12.5 Å². The van der Waals surface area contributed by atoms with Gasteiger partial charge in [-0.25, -0.2) is 0 Å². The number of carbonyl (C=O) groups is 1. The van der Waals surface area contributed by atoms with E-state index >= 15 is 0 Å². The fourth-order valence-corrected chi connectivity index (χ4v) is 1.69. The Morgan fingerprint density at radius 1 is 1.12 bits per heavy atom. The molecule has 0 unspecified atom stereocenters. The molecule has 2 rings (SSSR count). The molecule has 86 valence electrons. The molecule has 2 aromatic carbocycles. The molecule has 17 heavy (non-hydrogen) atoms. The van der Waals surface area contributed by atoms with E-state index in [1.54, 1.807) is 13.0 Å². The average molecular weight is 226 g/mol. The molecule has 0 aliphatic heterocycles. The van der Waals surface area contributed by atoms with E-state index in [2.05, 4.69) is 0 Å². The summed E-state index contributed by atoms with van der Waals surface area (Å²) in [6, 6.07) is 11.7. The number of hydrogen-bond acceptors (Lipinski definition) is 2. The smallest absolute Gasteiger partial charge is 0.244 e. The van der Waals surface area contributed by atoms with Gasteiger partial charge in [-0.1, -0.05) is 18.2 Å². The van der Waals surface area contributed by atoms with Crippen molar-refractivity contribution in [3.8, 4) is 0 Å². The number of anilines is 1. The number of carbonyl (C=O) groups excluding carboxylic acids is 1. The van der Waals surface area contributed by atoms with Gasteiger partial charge in [-0.05, 0) is 47.5 Å². The molecule has 0 saturated carbocycles. The Hall–Kier alpha value is -2.29. The van der Waals surface area contributed by atoms with Crippen LogP contribution in [0.2, 0.25) is 0 Å². The van der Waals surface area contributed by atoms with Gasteiger partial charge in [-0.3, -0.25) is 4.79 Å². The van der Waals surface area contributed by atoms with E-state index in [0.717, 1.165) is 22.0 Å². The summed E-state index contributed by atoms with van der Waals surface area (Å²) in [5, 5.41) is 2.17. The first-order valence-corrected chi connectivity index (χ1v) is 5.33. The van der Waals surface area contributed by atoms with E-state index in [-0.39, 0.29) is 0 Å². The zero-order valence-electron chi connectivity index (χ0n) is 9.60. The first-order valence-electron chi connectivity index (χ1n) is 5.33. The van der Waals surface area contributed by atoms with Crippen LogP contribution >= 0.6 is 0 Å². The van der Waals surface area contributed by atoms with Crippen LogP contribution in [0.3, 0.4) is 0 Å². The van der Waals surface area contributed by atoms with Crippen LogP contribution in [0.15, 0.2) is 42.0 Å². The van der Waals surface area contributed by atoms with E-state index in [1.807, 2.05) is 36.4 Å². The number of primary amides is 1. The molecule has 0 aromatic heterocycles. The van der Waals surface area contributed by atoms with Gasteiger partial charge >= 0.3 is 0 Å². The van der Waals surface area contributed by atoms with Crippen LogP contribution < -0.4 is 11.5 Å². The van der Waals surface area contributed by atoms with E-state index in [4.69, 9.17) is 11.5 Å². The molecule has 0 spiro atoms. The van der Waals surface area contributed by atoms with Crippen molar-refractivity contribution in [3.63, 3.8) is 0 Å². The molecule has 0 fully saturated rings. The summed E-state index contributed by atoms with van der Waals surface area (Å²) >= 11 is 0. The monoisotopic (exact) mass is 226 g/mol. The zero-order chi connectivity index (χ0) is 12.4. The van der Waals surface area contributed by atoms with E-state index in [1.165, 1.54) is 0 Å². The van der Waals surface area contributed by atoms with Gasteiger partial charge in [0.1, 0.15) is 0 Å². The Morgan fingerprint density at radius 3 is 2.47 bits per heavy atom. The van der Waals surface area contributed by atoms with Crippen molar-refractivity contribution in [2.45, 2.75) is 6.92 Å². The number of benzene rings is 2. The number of hydrogen-bond donors (Lipinski definition) is 2. The minimum atomic E-state index is -0.401. The molecule has 1 amide bonds. The third kappa shape index (κ3) is 2.45. The van der Waals surface area contributed by atoms with Gasteiger partial charge in [0.05, 0.1) is 0 Å². The Morgan fingerprint density at radius 2 is 1.76 bits per heavy atom. The Kier molecular flexibility index (Phi) is 2.83. The van der Waals surface area contributed by atoms with Gasteiger partial charge in [0.2, 0.25) is 5.91 Å². The third-order valence-corrected chi connectivity index (χ3v) is 2.66. The molecule has 3 nitrogen and oxygen atoms in total. The quantitative estimate of drug-likeness (QED) is 0.609. The molecule has 0 radical (unpaired) electrons. The zero-order valence-corrected chi connectivity index (χ0v) is 9.60. The topological polar surface area (TPSA) is 69.1 Å². The number of fused-ring (bicyclic) bond motifs is 1. The third-order valence-electron chi connectivity index (χ3n) is 2.66. The normalized spacial score (nSPS) is 11.7. The minimum Gasteiger partial charge on any atom is -0.399 e. The van der Waals surface area contributed by atoms with Crippen LogP contribution in [0.25, 0.3) is 16.8 Å². The first-order chi connectivity index (χ1) is 8.06. The molecule has 0 bridgehead atoms. The summed E-state index contributed by atoms with van der Waals surface area (Å²) in [6.45, 7) is 1.70. The molecule has 0 aliphatic rings. The van der Waals surface area contributed by atoms with Gasteiger partial charge < -0.3 is 11.5 Å². The SMILES string of the molecule is CC(=Cc1ccc2cc(N)ccc2c1)C(N)=O. The molecule has 0 atom stereocenters. The highest BCUT2D eigenvalue weighted by atomic mass is 16.1. The highest BCUT2D eigenvalue weighted by Crippen LogP contribution is 2.20. The number of amides is 1. The highest BCUT2D eigenvalue weighted by Gasteiger charge is 1.99. The minimum absolute atomic E-state index is 0.401. The lowest BCUT2D eigenvalue weighted by Crippen LogP contribution is -2.11. The number of rotatable bonds is 2. The van der Waals surface area contributed by atoms with Crippen molar-refractivity contribution in [1.82, 2.24) is 0 Å². The predicted octanol–water partition coefficient (Wildman–Crippen LogP) is 2.31. The molecule has 0 saturated heterocycles. The van der Waals surface area contributed by atoms with Crippen molar-refractivity contribution in [3.05, 3.63) is 47.5 Å². The van der Waals surface area contributed by atoms with Crippen LogP contribution in [-0.2, 0) is 4.79 Å². The fourth-order valence-electron chi connectivity index (χ4n) is 1.69. The van der Waals surface area contributed by atoms with Crippen molar-refractivity contribution < 1.29 is 4.79 Å². The van der Waals surface area contributed by atoms with Gasteiger partial charge in [0.25, 0.3) is 0 Å². The van der Waals surface area contributed by atoms with Crippen molar-refractivity contribution in [2.75, 3.05) is 5.73 Å². The lowest BCUT2D eigenvalue weighted by atomic mass is 10.0. The van der Waals surface area contributed by atoms with Gasteiger partial charge in [0.15, 0.2) is 0 Å². The summed E-state index contributed by atoms with van der Waals surface area (Å²) in [4.78, 5) is 10.9. The Balaban J connectivity index is 2.49. The van der Waals surface area contributed by atoms with Gasteiger partial charge in [-0.2, -0.15) is 0 Å². The second-order valence-corrected chi connectivity index (χ2v) is 4.06. The maximum absolute atomic E-state index is 10.9. The van der Waals surface area contributed by atoms with E-state index < -0.39 is 5.91 Å². The molecule has 0 heterocycles.